The van der Waals surface area contributed by atoms with Crippen LogP contribution in [0.15, 0.2) is 30.3 Å². The van der Waals surface area contributed by atoms with Gasteiger partial charge < -0.3 is 9.84 Å². The van der Waals surface area contributed by atoms with E-state index in [-0.39, 0.29) is 6.04 Å². The van der Waals surface area contributed by atoms with Crippen LogP contribution in [0.4, 0.5) is 0 Å². The summed E-state index contributed by atoms with van der Waals surface area (Å²) in [7, 11) is 1.63. The molecule has 4 nitrogen and oxygen atoms in total. The second-order valence-corrected chi connectivity index (χ2v) is 7.82. The highest BCUT2D eigenvalue weighted by molar-refractivity contribution is 7.12. The Labute approximate surface area is 157 Å². The summed E-state index contributed by atoms with van der Waals surface area (Å²) in [6, 6.07) is 9.12. The summed E-state index contributed by atoms with van der Waals surface area (Å²) in [6.07, 6.45) is 2.51. The smallest absolute Gasteiger partial charge is 0.320 e. The zero-order valence-electron chi connectivity index (χ0n) is 14.4. The summed E-state index contributed by atoms with van der Waals surface area (Å²) in [4.78, 5) is 16.3. The van der Waals surface area contributed by atoms with Crippen molar-refractivity contribution in [2.24, 2.45) is 0 Å². The predicted molar refractivity (Wildman–Crippen MR) is 101 cm³/mol. The Morgan fingerprint density at radius 1 is 1.44 bits per heavy atom. The van der Waals surface area contributed by atoms with Crippen molar-refractivity contribution in [1.29, 1.82) is 0 Å². The van der Waals surface area contributed by atoms with Crippen molar-refractivity contribution >= 4 is 28.9 Å². The van der Waals surface area contributed by atoms with Crippen molar-refractivity contribution < 1.29 is 14.6 Å². The topological polar surface area (TPSA) is 49.8 Å². The van der Waals surface area contributed by atoms with Gasteiger partial charge >= 0.3 is 5.97 Å². The van der Waals surface area contributed by atoms with Crippen LogP contribution in [-0.2, 0) is 11.2 Å². The monoisotopic (exact) mass is 379 g/mol. The third-order valence-corrected chi connectivity index (χ3v) is 6.21. The zero-order valence-corrected chi connectivity index (χ0v) is 15.9. The number of nitrogens with zero attached hydrogens (tertiary/aromatic N) is 1. The molecule has 2 aromatic rings. The number of hydrogen-bond donors (Lipinski definition) is 1. The number of carboxylic acid groups (broad SMARTS) is 1. The number of aliphatic carboxylic acids is 1. The van der Waals surface area contributed by atoms with E-state index >= 15 is 0 Å². The fraction of sp³-hybridized carbons (Fsp3) is 0.421. The summed E-state index contributed by atoms with van der Waals surface area (Å²) in [5, 5.41) is 10.3. The van der Waals surface area contributed by atoms with Gasteiger partial charge in [0.25, 0.3) is 0 Å². The second kappa shape index (κ2) is 7.77. The number of aryl methyl sites for hydroxylation is 1. The van der Waals surface area contributed by atoms with E-state index in [4.69, 9.17) is 16.3 Å². The van der Waals surface area contributed by atoms with E-state index in [9.17, 15) is 9.90 Å². The number of carbonyl (C=O) groups is 1. The first kappa shape index (κ1) is 18.2. The maximum absolute atomic E-state index is 11.8. The number of halogens is 1. The highest BCUT2D eigenvalue weighted by atomic mass is 35.5. The molecule has 1 N–H and O–H groups in total. The number of ether oxygens (including phenoxy) is 1. The first-order chi connectivity index (χ1) is 12.0. The van der Waals surface area contributed by atoms with Gasteiger partial charge in [0, 0.05) is 26.9 Å². The van der Waals surface area contributed by atoms with Crippen LogP contribution >= 0.6 is 22.9 Å². The molecule has 2 unspecified atom stereocenters. The molecule has 6 heteroatoms. The molecule has 2 heterocycles. The Morgan fingerprint density at radius 2 is 2.24 bits per heavy atom. The summed E-state index contributed by atoms with van der Waals surface area (Å²) < 4.78 is 5.56. The minimum atomic E-state index is -0.768. The Kier molecular flexibility index (Phi) is 5.67. The molecule has 1 aliphatic rings. The molecule has 3 rings (SSSR count). The zero-order chi connectivity index (χ0) is 18.0. The first-order valence-corrected chi connectivity index (χ1v) is 9.65. The van der Waals surface area contributed by atoms with Crippen LogP contribution in [0, 0.1) is 0 Å². The van der Waals surface area contributed by atoms with E-state index in [1.807, 2.05) is 12.1 Å². The minimum Gasteiger partial charge on any atom is -0.496 e. The van der Waals surface area contributed by atoms with Crippen LogP contribution in [0.1, 0.15) is 41.1 Å². The molecule has 1 aromatic carbocycles. The number of hydrogen-bond acceptors (Lipinski definition) is 4. The van der Waals surface area contributed by atoms with E-state index in [2.05, 4.69) is 24.0 Å². The van der Waals surface area contributed by atoms with Gasteiger partial charge in [-0.3, -0.25) is 9.69 Å². The molecule has 0 spiro atoms. The van der Waals surface area contributed by atoms with Crippen LogP contribution in [-0.4, -0.2) is 35.7 Å². The molecule has 134 valence electrons. The molecule has 0 amide bonds. The highest BCUT2D eigenvalue weighted by Gasteiger charge is 2.38. The maximum atomic E-state index is 11.8. The molecule has 0 saturated carbocycles. The van der Waals surface area contributed by atoms with Gasteiger partial charge in [0.15, 0.2) is 0 Å². The van der Waals surface area contributed by atoms with Gasteiger partial charge in [-0.2, -0.15) is 0 Å². The molecule has 0 radical (unpaired) electrons. The Balaban J connectivity index is 2.12. The summed E-state index contributed by atoms with van der Waals surface area (Å²) in [5.41, 5.74) is 0.924. The molecule has 25 heavy (non-hydrogen) atoms. The average Bonchev–Trinajstić information content (AvgIpc) is 3.25. The van der Waals surface area contributed by atoms with Crippen LogP contribution in [0.5, 0.6) is 5.75 Å². The Bertz CT molecular complexity index is 761. The molecule has 0 bridgehead atoms. The lowest BCUT2D eigenvalue weighted by Crippen LogP contribution is -2.39. The Morgan fingerprint density at radius 3 is 2.88 bits per heavy atom. The molecule has 2 atom stereocenters. The number of benzene rings is 1. The second-order valence-electron chi connectivity index (χ2n) is 6.18. The molecule has 1 saturated heterocycles. The predicted octanol–water partition coefficient (Wildman–Crippen LogP) is 4.61. The fourth-order valence-electron chi connectivity index (χ4n) is 3.51. The molecule has 1 aliphatic heterocycles. The standard InChI is InChI=1S/C19H22ClNO3S/c1-3-13-7-9-17(25-13)18(21-10-4-5-15(21)19(22)23)14-11-12(20)6-8-16(14)24-2/h6-9,11,15,18H,3-5,10H2,1-2H3,(H,22,23). The minimum absolute atomic E-state index is 0.164. The molecule has 0 aliphatic carbocycles. The third kappa shape index (κ3) is 3.68. The van der Waals surface area contributed by atoms with Crippen molar-refractivity contribution in [3.63, 3.8) is 0 Å². The molecular weight excluding hydrogens is 358 g/mol. The van der Waals surface area contributed by atoms with Crippen LogP contribution in [0.3, 0.4) is 0 Å². The van der Waals surface area contributed by atoms with E-state index in [1.54, 1.807) is 24.5 Å². The number of rotatable bonds is 6. The number of methoxy groups -OCH3 is 1. The largest absolute Gasteiger partial charge is 0.496 e. The summed E-state index contributed by atoms with van der Waals surface area (Å²) >= 11 is 7.98. The van der Waals surface area contributed by atoms with Gasteiger partial charge in [-0.1, -0.05) is 18.5 Å². The van der Waals surface area contributed by atoms with Gasteiger partial charge in [-0.15, -0.1) is 11.3 Å². The van der Waals surface area contributed by atoms with Gasteiger partial charge in [0.2, 0.25) is 0 Å². The van der Waals surface area contributed by atoms with Crippen LogP contribution in [0.25, 0.3) is 0 Å². The fourth-order valence-corrected chi connectivity index (χ4v) is 4.78. The number of likely N-dealkylation sites (tertiary alicyclic amines) is 1. The quantitative estimate of drug-likeness (QED) is 0.796. The van der Waals surface area contributed by atoms with Crippen molar-refractivity contribution in [2.45, 2.75) is 38.3 Å². The van der Waals surface area contributed by atoms with E-state index in [0.717, 1.165) is 35.6 Å². The first-order valence-electron chi connectivity index (χ1n) is 8.45. The maximum Gasteiger partial charge on any atom is 0.320 e. The van der Waals surface area contributed by atoms with Crippen LogP contribution in [0.2, 0.25) is 5.02 Å². The van der Waals surface area contributed by atoms with Gasteiger partial charge in [-0.25, -0.2) is 0 Å². The van der Waals surface area contributed by atoms with Crippen molar-refractivity contribution in [1.82, 2.24) is 4.90 Å². The van der Waals surface area contributed by atoms with Gasteiger partial charge in [0.1, 0.15) is 11.8 Å². The van der Waals surface area contributed by atoms with Crippen LogP contribution < -0.4 is 4.74 Å². The van der Waals surface area contributed by atoms with Crippen molar-refractivity contribution in [3.05, 3.63) is 50.7 Å². The molecular formula is C19H22ClNO3S. The lowest BCUT2D eigenvalue weighted by Gasteiger charge is -2.32. The van der Waals surface area contributed by atoms with E-state index < -0.39 is 12.0 Å². The number of thiophene rings is 1. The molecule has 1 fully saturated rings. The average molecular weight is 380 g/mol. The SMILES string of the molecule is CCc1ccc(C(c2cc(Cl)ccc2OC)N2CCCC2C(=O)O)s1. The van der Waals surface area contributed by atoms with E-state index in [0.29, 0.717) is 11.4 Å². The number of carboxylic acids is 1. The molecule has 1 aromatic heterocycles. The van der Waals surface area contributed by atoms with E-state index in [1.165, 1.54) is 4.88 Å². The van der Waals surface area contributed by atoms with Crippen molar-refractivity contribution in [2.75, 3.05) is 13.7 Å². The Hall–Kier alpha value is -1.56. The summed E-state index contributed by atoms with van der Waals surface area (Å²) in [5.74, 6) is -0.0346. The van der Waals surface area contributed by atoms with Gasteiger partial charge in [-0.05, 0) is 49.6 Å². The van der Waals surface area contributed by atoms with Gasteiger partial charge in [0.05, 0.1) is 13.2 Å². The van der Waals surface area contributed by atoms with Crippen molar-refractivity contribution in [3.8, 4) is 5.75 Å². The normalized spacial score (nSPS) is 19.1. The highest BCUT2D eigenvalue weighted by Crippen LogP contribution is 2.42. The summed E-state index contributed by atoms with van der Waals surface area (Å²) in [6.45, 7) is 2.87. The lowest BCUT2D eigenvalue weighted by molar-refractivity contribution is -0.142. The third-order valence-electron chi connectivity index (χ3n) is 4.70. The lowest BCUT2D eigenvalue weighted by atomic mass is 10.0.